The lowest BCUT2D eigenvalue weighted by Gasteiger charge is -2.33. The minimum absolute atomic E-state index is 0.00159. The zero-order valence-corrected chi connectivity index (χ0v) is 17.0. The van der Waals surface area contributed by atoms with Crippen molar-refractivity contribution >= 4 is 38.1 Å². The summed E-state index contributed by atoms with van der Waals surface area (Å²) in [6, 6.07) is 0.143. The van der Waals surface area contributed by atoms with Crippen molar-refractivity contribution in [1.82, 2.24) is 10.2 Å². The highest BCUT2D eigenvalue weighted by Crippen LogP contribution is 2.46. The van der Waals surface area contributed by atoms with Crippen molar-refractivity contribution in [2.75, 3.05) is 20.6 Å². The molecule has 1 aliphatic rings. The summed E-state index contributed by atoms with van der Waals surface area (Å²) >= 11 is 1.98. The highest BCUT2D eigenvalue weighted by molar-refractivity contribution is 14.1. The fourth-order valence-corrected chi connectivity index (χ4v) is 5.34. The summed E-state index contributed by atoms with van der Waals surface area (Å²) in [6.07, 6.45) is 3.93. The summed E-state index contributed by atoms with van der Waals surface area (Å²) < 4.78 is 5.73. The van der Waals surface area contributed by atoms with Gasteiger partial charge in [-0.1, -0.05) is 6.92 Å². The second kappa shape index (κ2) is 8.78. The van der Waals surface area contributed by atoms with Gasteiger partial charge in [0.2, 0.25) is 0 Å². The molecule has 8 heteroatoms. The maximum atomic E-state index is 10.2. The summed E-state index contributed by atoms with van der Waals surface area (Å²) in [5, 5.41) is 13.4. The zero-order valence-electron chi connectivity index (χ0n) is 13.7. The van der Waals surface area contributed by atoms with E-state index in [-0.39, 0.29) is 23.2 Å². The van der Waals surface area contributed by atoms with Gasteiger partial charge in [0, 0.05) is 36.9 Å². The predicted octanol–water partition coefficient (Wildman–Crippen LogP) is 1.10. The van der Waals surface area contributed by atoms with E-state index in [4.69, 9.17) is 8.80 Å². The Bertz CT molecular complexity index is 422. The van der Waals surface area contributed by atoms with Crippen LogP contribution in [0.25, 0.3) is 0 Å². The van der Waals surface area contributed by atoms with Crippen molar-refractivity contribution in [3.05, 3.63) is 12.3 Å². The second-order valence-electron chi connectivity index (χ2n) is 6.09. The first-order chi connectivity index (χ1) is 10.3. The van der Waals surface area contributed by atoms with E-state index in [0.717, 1.165) is 13.0 Å². The van der Waals surface area contributed by atoms with Crippen LogP contribution in [0.4, 0.5) is 0 Å². The molecule has 0 radical (unpaired) electrons. The van der Waals surface area contributed by atoms with E-state index in [1.807, 2.05) is 41.2 Å². The Hall–Kier alpha value is 0.0500. The molecule has 0 aromatic carbocycles. The maximum absolute atomic E-state index is 10.2. The first-order valence-electron chi connectivity index (χ1n) is 7.34. The third-order valence-electron chi connectivity index (χ3n) is 4.32. The molecule has 0 saturated heterocycles. The number of nitrogens with zero attached hydrogens (tertiary/aromatic N) is 2. The van der Waals surface area contributed by atoms with Gasteiger partial charge in [-0.2, -0.15) is 0 Å². The van der Waals surface area contributed by atoms with Crippen LogP contribution in [-0.2, 0) is 3.07 Å². The zero-order chi connectivity index (χ0) is 16.9. The van der Waals surface area contributed by atoms with Gasteiger partial charge in [-0.3, -0.25) is 4.99 Å². The molecule has 6 atom stereocenters. The van der Waals surface area contributed by atoms with Gasteiger partial charge < -0.3 is 24.1 Å². The summed E-state index contributed by atoms with van der Waals surface area (Å²) in [6.45, 7) is 4.84. The van der Waals surface area contributed by atoms with Gasteiger partial charge in [-0.05, 0) is 26.5 Å². The summed E-state index contributed by atoms with van der Waals surface area (Å²) in [5.41, 5.74) is 5.92. The van der Waals surface area contributed by atoms with Crippen molar-refractivity contribution in [2.24, 2.45) is 16.1 Å². The number of nitrogens with one attached hydrogen (secondary N) is 1. The van der Waals surface area contributed by atoms with Gasteiger partial charge in [0.05, 0.1) is 6.10 Å². The first kappa shape index (κ1) is 20.1. The number of halogens is 1. The number of aliphatic imine (C=N–C) groups is 1. The quantitative estimate of drug-likeness (QED) is 0.181. The van der Waals surface area contributed by atoms with E-state index in [1.165, 1.54) is 0 Å². The molecule has 1 fully saturated rings. The van der Waals surface area contributed by atoms with Crippen LogP contribution in [-0.4, -0.2) is 60.5 Å². The summed E-state index contributed by atoms with van der Waals surface area (Å²) in [4.78, 5) is 5.84. The molecule has 0 amide bonds. The van der Waals surface area contributed by atoms with Crippen LogP contribution in [0.15, 0.2) is 17.3 Å². The van der Waals surface area contributed by atoms with Crippen LogP contribution in [0.2, 0.25) is 0 Å². The molecule has 4 N–H and O–H groups in total. The minimum Gasteiger partial charge on any atom is -0.384 e. The van der Waals surface area contributed by atoms with Gasteiger partial charge in [-0.25, -0.2) is 0 Å². The molecule has 6 unspecified atom stereocenters. The molecule has 0 bridgehead atoms. The molecule has 0 aromatic rings. The number of amidine groups is 1. The molecule has 22 heavy (non-hydrogen) atoms. The number of hydrogen-bond donors (Lipinski definition) is 3. The van der Waals surface area contributed by atoms with Gasteiger partial charge in [0.1, 0.15) is 35.1 Å². The molecule has 1 aliphatic carbocycles. The Morgan fingerprint density at radius 3 is 2.82 bits per heavy atom. The Kier molecular flexibility index (Phi) is 8.02. The molecule has 6 nitrogen and oxygen atoms in total. The van der Waals surface area contributed by atoms with Crippen LogP contribution in [0, 0.1) is 5.41 Å². The molecule has 0 aromatic heterocycles. The molecule has 0 heterocycles. The predicted molar refractivity (Wildman–Crippen MR) is 103 cm³/mol. The smallest absolute Gasteiger partial charge is 0.123 e. The average Bonchev–Trinajstić information content (AvgIpc) is 2.70. The van der Waals surface area contributed by atoms with Crippen molar-refractivity contribution < 1.29 is 8.17 Å². The molecule has 128 valence electrons. The normalized spacial score (nSPS) is 34.3. The highest BCUT2D eigenvalue weighted by Gasteiger charge is 2.51. The molecular weight excluding hydrogens is 414 g/mol. The standard InChI is InChI=1S/C14H28IN4O2P/c1-9(20)19(6-5-11(16)18-4)10-7-14(2,8-17-3)13(21-15)12(10)22/h5-6,9-10,12-13,17,20H,7-8,22H2,1-4H3,(H2,16,18)/b6-5-. The van der Waals surface area contributed by atoms with Gasteiger partial charge in [0.25, 0.3) is 0 Å². The first-order valence-corrected chi connectivity index (χ1v) is 8.89. The van der Waals surface area contributed by atoms with E-state index < -0.39 is 6.23 Å². The largest absolute Gasteiger partial charge is 0.384 e. The lowest BCUT2D eigenvalue weighted by atomic mass is 9.86. The monoisotopic (exact) mass is 442 g/mol. The van der Waals surface area contributed by atoms with E-state index >= 15 is 0 Å². The van der Waals surface area contributed by atoms with Crippen LogP contribution in [0.3, 0.4) is 0 Å². The van der Waals surface area contributed by atoms with Crippen LogP contribution in [0.5, 0.6) is 0 Å². The number of hydrogen-bond acceptors (Lipinski definition) is 5. The minimum atomic E-state index is -0.610. The lowest BCUT2D eigenvalue weighted by Crippen LogP contribution is -2.42. The van der Waals surface area contributed by atoms with Crippen molar-refractivity contribution in [3.63, 3.8) is 0 Å². The molecule has 0 aliphatic heterocycles. The van der Waals surface area contributed by atoms with Crippen molar-refractivity contribution in [2.45, 2.75) is 44.3 Å². The van der Waals surface area contributed by atoms with Crippen molar-refractivity contribution in [3.8, 4) is 0 Å². The maximum Gasteiger partial charge on any atom is 0.123 e. The Morgan fingerprint density at radius 2 is 2.36 bits per heavy atom. The van der Waals surface area contributed by atoms with E-state index in [0.29, 0.717) is 5.84 Å². The van der Waals surface area contributed by atoms with Gasteiger partial charge in [-0.15, -0.1) is 9.24 Å². The highest BCUT2D eigenvalue weighted by atomic mass is 127. The number of nitrogens with two attached hydrogens (primary N) is 1. The van der Waals surface area contributed by atoms with Crippen molar-refractivity contribution in [1.29, 1.82) is 0 Å². The van der Waals surface area contributed by atoms with Gasteiger partial charge in [0.15, 0.2) is 0 Å². The van der Waals surface area contributed by atoms with E-state index in [9.17, 15) is 5.11 Å². The average molecular weight is 442 g/mol. The summed E-state index contributed by atoms with van der Waals surface area (Å²) in [7, 11) is 6.47. The fraction of sp³-hybridized carbons (Fsp3) is 0.786. The van der Waals surface area contributed by atoms with Crippen LogP contribution in [0.1, 0.15) is 20.3 Å². The van der Waals surface area contributed by atoms with E-state index in [1.54, 1.807) is 20.0 Å². The third-order valence-corrected chi connectivity index (χ3v) is 5.66. The van der Waals surface area contributed by atoms with E-state index in [2.05, 4.69) is 26.5 Å². The Labute approximate surface area is 149 Å². The lowest BCUT2D eigenvalue weighted by molar-refractivity contribution is 0.0252. The molecule has 0 spiro atoms. The molecule has 1 rings (SSSR count). The van der Waals surface area contributed by atoms with Crippen LogP contribution >= 0.6 is 32.2 Å². The third kappa shape index (κ3) is 4.54. The topological polar surface area (TPSA) is 83.1 Å². The summed E-state index contributed by atoms with van der Waals surface area (Å²) in [5.74, 6) is 0.434. The second-order valence-corrected chi connectivity index (χ2v) is 7.36. The SMILES string of the molecule is CN=C(N)/C=C\N(C(C)O)C1CC(C)(CNC)C(OI)C1P. The Morgan fingerprint density at radius 1 is 1.73 bits per heavy atom. The Balaban J connectivity index is 3.03. The van der Waals surface area contributed by atoms with Gasteiger partial charge >= 0.3 is 0 Å². The molecular formula is C14H28IN4O2P. The van der Waals surface area contributed by atoms with Crippen LogP contribution < -0.4 is 11.1 Å². The molecule has 1 saturated carbocycles. The number of aliphatic hydroxyl groups is 1. The number of rotatable bonds is 7. The number of aliphatic hydroxyl groups excluding tert-OH is 1. The fourth-order valence-electron chi connectivity index (χ4n) is 3.19.